The lowest BCUT2D eigenvalue weighted by atomic mass is 9.78. The van der Waals surface area contributed by atoms with Crippen LogP contribution in [0, 0.1) is 5.92 Å². The summed E-state index contributed by atoms with van der Waals surface area (Å²) in [5.74, 6) is -4.29. The maximum Gasteiger partial charge on any atom is 0.345 e. The molecule has 1 aliphatic carbocycles. The van der Waals surface area contributed by atoms with Crippen LogP contribution in [0.15, 0.2) is 30.3 Å². The predicted octanol–water partition coefficient (Wildman–Crippen LogP) is 2.12. The molecule has 1 aromatic rings. The van der Waals surface area contributed by atoms with Crippen LogP contribution < -0.4 is 5.32 Å². The van der Waals surface area contributed by atoms with E-state index in [0.717, 1.165) is 5.56 Å². The number of carbonyl (C=O) groups excluding carboxylic acids is 3. The minimum absolute atomic E-state index is 0.117. The molecule has 0 unspecified atom stereocenters. The van der Waals surface area contributed by atoms with Crippen LogP contribution >= 0.6 is 0 Å². The smallest absolute Gasteiger partial charge is 0.345 e. The van der Waals surface area contributed by atoms with Crippen molar-refractivity contribution in [1.82, 2.24) is 15.3 Å². The predicted molar refractivity (Wildman–Crippen MR) is 97.7 cm³/mol. The number of nitrogens with one attached hydrogen (secondary N) is 1. The first-order chi connectivity index (χ1) is 13.8. The summed E-state index contributed by atoms with van der Waals surface area (Å²) in [6.07, 6.45) is 0.164. The number of amides is 3. The molecular formula is C20H23F2N3O4. The zero-order chi connectivity index (χ0) is 20.6. The van der Waals surface area contributed by atoms with Crippen molar-refractivity contribution in [2.75, 3.05) is 13.1 Å². The van der Waals surface area contributed by atoms with Crippen LogP contribution in [0.1, 0.15) is 31.2 Å². The number of urea groups is 1. The second-order valence-electron chi connectivity index (χ2n) is 7.91. The van der Waals surface area contributed by atoms with Gasteiger partial charge in [-0.15, -0.1) is 0 Å². The fourth-order valence-corrected chi connectivity index (χ4v) is 4.11. The van der Waals surface area contributed by atoms with E-state index in [4.69, 9.17) is 4.84 Å². The van der Waals surface area contributed by atoms with Gasteiger partial charge in [0.1, 0.15) is 12.6 Å². The monoisotopic (exact) mass is 407 g/mol. The molecule has 0 spiro atoms. The Morgan fingerprint density at radius 1 is 1.17 bits per heavy atom. The fraction of sp³-hybridized carbons (Fsp3) is 0.550. The summed E-state index contributed by atoms with van der Waals surface area (Å²) in [5.41, 5.74) is 0.936. The van der Waals surface area contributed by atoms with Gasteiger partial charge in [-0.05, 0) is 18.4 Å². The van der Waals surface area contributed by atoms with Gasteiger partial charge in [0.05, 0.1) is 12.6 Å². The van der Waals surface area contributed by atoms with Gasteiger partial charge in [-0.3, -0.25) is 14.4 Å². The molecule has 2 bridgehead atoms. The summed E-state index contributed by atoms with van der Waals surface area (Å²) >= 11 is 0. The summed E-state index contributed by atoms with van der Waals surface area (Å²) < 4.78 is 25.8. The highest BCUT2D eigenvalue weighted by molar-refractivity contribution is 5.92. The Morgan fingerprint density at radius 3 is 2.59 bits per heavy atom. The summed E-state index contributed by atoms with van der Waals surface area (Å²) in [7, 11) is 0. The largest absolute Gasteiger partial charge is 0.347 e. The molecule has 2 atom stereocenters. The number of halogens is 2. The topological polar surface area (TPSA) is 79.0 Å². The quantitative estimate of drug-likeness (QED) is 0.751. The summed E-state index contributed by atoms with van der Waals surface area (Å²) in [6, 6.07) is 8.31. The van der Waals surface area contributed by atoms with Gasteiger partial charge < -0.3 is 10.2 Å². The Morgan fingerprint density at radius 2 is 1.90 bits per heavy atom. The molecule has 0 aromatic heterocycles. The summed E-state index contributed by atoms with van der Waals surface area (Å²) in [6.45, 7) is 0.360. The molecule has 4 rings (SSSR count). The van der Waals surface area contributed by atoms with Gasteiger partial charge in [0.15, 0.2) is 5.78 Å². The third kappa shape index (κ3) is 4.10. The highest BCUT2D eigenvalue weighted by atomic mass is 19.3. The van der Waals surface area contributed by atoms with Crippen LogP contribution in [0.2, 0.25) is 0 Å². The summed E-state index contributed by atoms with van der Waals surface area (Å²) in [4.78, 5) is 44.3. The molecule has 3 amide bonds. The van der Waals surface area contributed by atoms with E-state index < -0.39 is 42.4 Å². The Labute approximate surface area is 166 Å². The van der Waals surface area contributed by atoms with Gasteiger partial charge in [0.25, 0.3) is 0 Å². The van der Waals surface area contributed by atoms with Crippen molar-refractivity contribution in [3.63, 3.8) is 0 Å². The van der Waals surface area contributed by atoms with Crippen molar-refractivity contribution in [3.05, 3.63) is 35.9 Å². The standard InChI is InChI=1S/C20H23F2N3O4/c21-20(22)8-14(9-20)17(26)10-23-18(27)16-7-6-15-11-24(16)19(28)25(15)29-12-13-4-2-1-3-5-13/h1-5,14-16H,6-12H2,(H,23,27)/t15-,16+/m1/s1. The molecule has 2 saturated heterocycles. The average molecular weight is 407 g/mol. The van der Waals surface area contributed by atoms with E-state index in [1.807, 2.05) is 30.3 Å². The Hall–Kier alpha value is -2.55. The first-order valence-corrected chi connectivity index (χ1v) is 9.79. The Balaban J connectivity index is 1.29. The molecule has 7 nitrogen and oxygen atoms in total. The molecule has 1 aromatic carbocycles. The Bertz CT molecular complexity index is 796. The van der Waals surface area contributed by atoms with Crippen LogP contribution in [0.25, 0.3) is 0 Å². The molecule has 3 aliphatic rings. The van der Waals surface area contributed by atoms with E-state index in [1.165, 1.54) is 9.96 Å². The number of rotatable bonds is 7. The number of hydrogen-bond acceptors (Lipinski definition) is 4. The van der Waals surface area contributed by atoms with Gasteiger partial charge in [-0.25, -0.2) is 13.6 Å². The van der Waals surface area contributed by atoms with E-state index in [2.05, 4.69) is 5.32 Å². The van der Waals surface area contributed by atoms with E-state index in [0.29, 0.717) is 19.4 Å². The number of benzene rings is 1. The second kappa shape index (κ2) is 7.70. The SMILES string of the molecule is O=C(CNC(=O)[C@@H]1CC[C@@H]2CN1C(=O)N2OCc1ccccc1)C1CC(F)(F)C1. The average Bonchev–Trinajstić information content (AvgIpc) is 2.93. The molecule has 29 heavy (non-hydrogen) atoms. The zero-order valence-corrected chi connectivity index (χ0v) is 15.9. The van der Waals surface area contributed by atoms with Crippen LogP contribution in [0.3, 0.4) is 0 Å². The molecule has 1 saturated carbocycles. The number of piperidine rings is 1. The van der Waals surface area contributed by atoms with Crippen LogP contribution in [-0.2, 0) is 21.0 Å². The highest BCUT2D eigenvalue weighted by Gasteiger charge is 2.49. The lowest BCUT2D eigenvalue weighted by Crippen LogP contribution is -2.51. The van der Waals surface area contributed by atoms with Crippen LogP contribution in [-0.4, -0.2) is 58.8 Å². The van der Waals surface area contributed by atoms with Crippen molar-refractivity contribution in [2.45, 2.75) is 50.3 Å². The minimum Gasteiger partial charge on any atom is -0.347 e. The number of nitrogens with zero attached hydrogens (tertiary/aromatic N) is 2. The van der Waals surface area contributed by atoms with Gasteiger partial charge in [0, 0.05) is 25.3 Å². The molecule has 2 aliphatic heterocycles. The molecule has 2 heterocycles. The second-order valence-corrected chi connectivity index (χ2v) is 7.91. The summed E-state index contributed by atoms with van der Waals surface area (Å²) in [5, 5.41) is 3.85. The fourth-order valence-electron chi connectivity index (χ4n) is 4.11. The minimum atomic E-state index is -2.77. The lowest BCUT2D eigenvalue weighted by Gasteiger charge is -2.34. The van der Waals surface area contributed by atoms with Crippen molar-refractivity contribution in [1.29, 1.82) is 0 Å². The Kier molecular flexibility index (Phi) is 5.24. The normalized spacial score (nSPS) is 25.7. The van der Waals surface area contributed by atoms with E-state index in [-0.39, 0.29) is 25.2 Å². The molecule has 3 fully saturated rings. The molecule has 9 heteroatoms. The number of carbonyl (C=O) groups is 3. The van der Waals surface area contributed by atoms with E-state index in [1.54, 1.807) is 0 Å². The third-order valence-corrected chi connectivity index (χ3v) is 5.82. The first kappa shape index (κ1) is 19.8. The van der Waals surface area contributed by atoms with Gasteiger partial charge in [-0.2, -0.15) is 5.06 Å². The molecule has 1 N–H and O–H groups in total. The number of fused-ring (bicyclic) bond motifs is 2. The highest BCUT2D eigenvalue weighted by Crippen LogP contribution is 2.42. The van der Waals surface area contributed by atoms with Crippen molar-refractivity contribution in [2.24, 2.45) is 5.92 Å². The molecule has 156 valence electrons. The van der Waals surface area contributed by atoms with Crippen LogP contribution in [0.4, 0.5) is 13.6 Å². The first-order valence-electron chi connectivity index (χ1n) is 9.79. The maximum atomic E-state index is 12.9. The maximum absolute atomic E-state index is 12.9. The van der Waals surface area contributed by atoms with Crippen molar-refractivity contribution >= 4 is 17.7 Å². The van der Waals surface area contributed by atoms with E-state index >= 15 is 0 Å². The number of alkyl halides is 2. The van der Waals surface area contributed by atoms with E-state index in [9.17, 15) is 23.2 Å². The number of Topliss-reactive ketones (excluding diaryl/α,β-unsaturated/α-hetero) is 1. The van der Waals surface area contributed by atoms with Crippen molar-refractivity contribution in [3.8, 4) is 0 Å². The zero-order valence-electron chi connectivity index (χ0n) is 15.9. The number of hydroxylamine groups is 2. The third-order valence-electron chi connectivity index (χ3n) is 5.82. The molecular weight excluding hydrogens is 384 g/mol. The van der Waals surface area contributed by atoms with Gasteiger partial charge >= 0.3 is 6.03 Å². The number of ketones is 1. The van der Waals surface area contributed by atoms with Gasteiger partial charge in [0.2, 0.25) is 11.8 Å². The molecule has 0 radical (unpaired) electrons. The van der Waals surface area contributed by atoms with Crippen LogP contribution in [0.5, 0.6) is 0 Å². The number of hydrogen-bond donors (Lipinski definition) is 1. The van der Waals surface area contributed by atoms with Crippen molar-refractivity contribution < 1.29 is 28.0 Å². The lowest BCUT2D eigenvalue weighted by molar-refractivity contribution is -0.148. The van der Waals surface area contributed by atoms with Gasteiger partial charge in [-0.1, -0.05) is 30.3 Å².